The van der Waals surface area contributed by atoms with Crippen LogP contribution in [0.5, 0.6) is 0 Å². The van der Waals surface area contributed by atoms with Crippen LogP contribution in [0.15, 0.2) is 30.6 Å². The molecular weight excluding hydrogens is 332 g/mol. The molecule has 8 heteroatoms. The molecule has 3 heterocycles. The summed E-state index contributed by atoms with van der Waals surface area (Å²) in [4.78, 5) is 23.3. The van der Waals surface area contributed by atoms with Gasteiger partial charge in [-0.05, 0) is 6.07 Å². The van der Waals surface area contributed by atoms with Gasteiger partial charge in [-0.1, -0.05) is 17.3 Å². The number of rotatable bonds is 5. The Kier molecular flexibility index (Phi) is 4.68. The predicted octanol–water partition coefficient (Wildman–Crippen LogP) is 0.869. The number of benzene rings is 1. The summed E-state index contributed by atoms with van der Waals surface area (Å²) in [6, 6.07) is 5.88. The van der Waals surface area contributed by atoms with Gasteiger partial charge in [-0.15, -0.1) is 5.10 Å². The van der Waals surface area contributed by atoms with E-state index < -0.39 is 0 Å². The van der Waals surface area contributed by atoms with Crippen molar-refractivity contribution < 1.29 is 9.53 Å². The molecule has 1 aromatic carbocycles. The van der Waals surface area contributed by atoms with E-state index in [0.29, 0.717) is 25.6 Å². The van der Waals surface area contributed by atoms with E-state index in [4.69, 9.17) is 4.74 Å². The van der Waals surface area contributed by atoms with Crippen molar-refractivity contribution >= 4 is 16.7 Å². The topological polar surface area (TPSA) is 86.0 Å². The number of carbonyl (C=O) groups is 1. The maximum atomic E-state index is 12.3. The van der Waals surface area contributed by atoms with E-state index in [9.17, 15) is 4.79 Å². The summed E-state index contributed by atoms with van der Waals surface area (Å²) >= 11 is 0. The smallest absolute Gasteiger partial charge is 0.154 e. The number of Topliss-reactive ketones (excluding diaryl/α,β-unsaturated/α-hetero) is 1. The van der Waals surface area contributed by atoms with Crippen molar-refractivity contribution in [3.8, 4) is 11.3 Å². The molecule has 0 radical (unpaired) electrons. The van der Waals surface area contributed by atoms with E-state index in [1.807, 2.05) is 31.4 Å². The number of aromatic nitrogens is 5. The van der Waals surface area contributed by atoms with E-state index in [2.05, 4.69) is 25.2 Å². The van der Waals surface area contributed by atoms with Gasteiger partial charge in [0.25, 0.3) is 0 Å². The summed E-state index contributed by atoms with van der Waals surface area (Å²) in [5.41, 5.74) is 2.53. The third kappa shape index (κ3) is 3.76. The van der Waals surface area contributed by atoms with Gasteiger partial charge >= 0.3 is 0 Å². The van der Waals surface area contributed by atoms with Crippen LogP contribution in [-0.2, 0) is 23.0 Å². The van der Waals surface area contributed by atoms with Gasteiger partial charge in [0.15, 0.2) is 5.78 Å². The summed E-state index contributed by atoms with van der Waals surface area (Å²) < 4.78 is 6.97. The van der Waals surface area contributed by atoms with Crippen LogP contribution < -0.4 is 0 Å². The first-order chi connectivity index (χ1) is 12.7. The molecule has 1 saturated heterocycles. The first kappa shape index (κ1) is 16.7. The van der Waals surface area contributed by atoms with Gasteiger partial charge in [0, 0.05) is 37.3 Å². The van der Waals surface area contributed by atoms with Crippen molar-refractivity contribution in [1.29, 1.82) is 0 Å². The van der Waals surface area contributed by atoms with Crippen LogP contribution in [0.2, 0.25) is 0 Å². The minimum absolute atomic E-state index is 0.122. The first-order valence-corrected chi connectivity index (χ1v) is 8.61. The van der Waals surface area contributed by atoms with Crippen LogP contribution in [0.1, 0.15) is 5.82 Å². The zero-order valence-corrected chi connectivity index (χ0v) is 14.6. The Hall–Kier alpha value is -2.71. The standard InChI is InChI=1S/C18H20N6O2/c1-23-12-17(21-22-23)13-2-3-14-10-19-18(20-16(14)8-13)9-15(25)11-24-4-6-26-7-5-24/h2-3,8,10,12H,4-7,9,11H2,1H3. The summed E-state index contributed by atoms with van der Waals surface area (Å²) in [6.45, 7) is 3.39. The van der Waals surface area contributed by atoms with Crippen molar-refractivity contribution in [2.24, 2.45) is 7.05 Å². The van der Waals surface area contributed by atoms with Crippen LogP contribution in [0.4, 0.5) is 0 Å². The van der Waals surface area contributed by atoms with Gasteiger partial charge < -0.3 is 4.74 Å². The van der Waals surface area contributed by atoms with Crippen molar-refractivity contribution in [2.75, 3.05) is 32.8 Å². The highest BCUT2D eigenvalue weighted by Gasteiger charge is 2.15. The number of morpholine rings is 1. The molecule has 4 rings (SSSR count). The number of carbonyl (C=O) groups excluding carboxylic acids is 1. The summed E-state index contributed by atoms with van der Waals surface area (Å²) in [5, 5.41) is 9.02. The zero-order chi connectivity index (χ0) is 17.9. The van der Waals surface area contributed by atoms with E-state index in [-0.39, 0.29) is 12.2 Å². The molecule has 0 aliphatic carbocycles. The molecule has 0 spiro atoms. The lowest BCUT2D eigenvalue weighted by Gasteiger charge is -2.25. The number of ketones is 1. The van der Waals surface area contributed by atoms with Crippen LogP contribution in [0.25, 0.3) is 22.2 Å². The molecule has 8 nitrogen and oxygen atoms in total. The highest BCUT2D eigenvalue weighted by atomic mass is 16.5. The van der Waals surface area contributed by atoms with E-state index in [1.54, 1.807) is 10.9 Å². The second-order valence-corrected chi connectivity index (χ2v) is 6.44. The zero-order valence-electron chi connectivity index (χ0n) is 14.6. The second-order valence-electron chi connectivity index (χ2n) is 6.44. The van der Waals surface area contributed by atoms with Gasteiger partial charge in [0.05, 0.1) is 37.9 Å². The average Bonchev–Trinajstić information content (AvgIpc) is 3.08. The van der Waals surface area contributed by atoms with Crippen LogP contribution in [0, 0.1) is 0 Å². The number of ether oxygens (including phenoxy) is 1. The fourth-order valence-electron chi connectivity index (χ4n) is 3.03. The largest absolute Gasteiger partial charge is 0.379 e. The average molecular weight is 352 g/mol. The molecule has 0 atom stereocenters. The lowest BCUT2D eigenvalue weighted by Crippen LogP contribution is -2.40. The summed E-state index contributed by atoms with van der Waals surface area (Å²) in [7, 11) is 1.83. The van der Waals surface area contributed by atoms with Crippen molar-refractivity contribution in [3.05, 3.63) is 36.4 Å². The van der Waals surface area contributed by atoms with Crippen LogP contribution in [-0.4, -0.2) is 68.5 Å². The number of nitrogens with zero attached hydrogens (tertiary/aromatic N) is 6. The van der Waals surface area contributed by atoms with E-state index >= 15 is 0 Å². The molecule has 0 N–H and O–H groups in total. The summed E-state index contributed by atoms with van der Waals surface area (Å²) in [6.07, 6.45) is 3.86. The van der Waals surface area contributed by atoms with Gasteiger partial charge in [-0.25, -0.2) is 9.97 Å². The minimum atomic E-state index is 0.122. The number of fused-ring (bicyclic) bond motifs is 1. The van der Waals surface area contributed by atoms with E-state index in [0.717, 1.165) is 35.2 Å². The Bertz CT molecular complexity index is 932. The molecule has 134 valence electrons. The third-order valence-electron chi connectivity index (χ3n) is 4.39. The van der Waals surface area contributed by atoms with Gasteiger partial charge in [0.2, 0.25) is 0 Å². The molecule has 1 aliphatic heterocycles. The van der Waals surface area contributed by atoms with Crippen LogP contribution >= 0.6 is 0 Å². The molecule has 2 aromatic heterocycles. The molecule has 3 aromatic rings. The highest BCUT2D eigenvalue weighted by molar-refractivity contribution is 5.85. The molecule has 26 heavy (non-hydrogen) atoms. The first-order valence-electron chi connectivity index (χ1n) is 8.61. The van der Waals surface area contributed by atoms with Gasteiger partial charge in [-0.3, -0.25) is 14.4 Å². The highest BCUT2D eigenvalue weighted by Crippen LogP contribution is 2.21. The molecule has 0 saturated carbocycles. The normalized spacial score (nSPS) is 15.4. The van der Waals surface area contributed by atoms with Gasteiger partial charge in [-0.2, -0.15) is 0 Å². The van der Waals surface area contributed by atoms with Gasteiger partial charge in [0.1, 0.15) is 11.5 Å². The number of hydrogen-bond acceptors (Lipinski definition) is 7. The SMILES string of the molecule is Cn1cc(-c2ccc3cnc(CC(=O)CN4CCOCC4)nc3c2)nn1. The maximum absolute atomic E-state index is 12.3. The molecular formula is C18H20N6O2. The molecule has 0 amide bonds. The quantitative estimate of drug-likeness (QED) is 0.673. The Labute approximate surface area is 150 Å². The monoisotopic (exact) mass is 352 g/mol. The fourth-order valence-corrected chi connectivity index (χ4v) is 3.03. The summed E-state index contributed by atoms with van der Waals surface area (Å²) in [5.74, 6) is 0.670. The molecule has 1 fully saturated rings. The minimum Gasteiger partial charge on any atom is -0.379 e. The number of hydrogen-bond donors (Lipinski definition) is 0. The molecule has 0 unspecified atom stereocenters. The number of aryl methyl sites for hydroxylation is 1. The second kappa shape index (κ2) is 7.27. The Morgan fingerprint density at radius 1 is 1.27 bits per heavy atom. The predicted molar refractivity (Wildman–Crippen MR) is 95.5 cm³/mol. The molecule has 1 aliphatic rings. The third-order valence-corrected chi connectivity index (χ3v) is 4.39. The Morgan fingerprint density at radius 2 is 2.12 bits per heavy atom. The lowest BCUT2D eigenvalue weighted by atomic mass is 10.1. The maximum Gasteiger partial charge on any atom is 0.154 e. The van der Waals surface area contributed by atoms with Crippen LogP contribution in [0.3, 0.4) is 0 Å². The lowest BCUT2D eigenvalue weighted by molar-refractivity contribution is -0.120. The Balaban J connectivity index is 1.51. The van der Waals surface area contributed by atoms with Crippen molar-refractivity contribution in [3.63, 3.8) is 0 Å². The van der Waals surface area contributed by atoms with Crippen molar-refractivity contribution in [2.45, 2.75) is 6.42 Å². The molecule has 0 bridgehead atoms. The van der Waals surface area contributed by atoms with E-state index in [1.165, 1.54) is 0 Å². The fraction of sp³-hybridized carbons (Fsp3) is 0.389. The Morgan fingerprint density at radius 3 is 2.88 bits per heavy atom. The van der Waals surface area contributed by atoms with Crippen molar-refractivity contribution in [1.82, 2.24) is 29.9 Å².